The summed E-state index contributed by atoms with van der Waals surface area (Å²) in [4.78, 5) is 36.5. The molecule has 8 nitrogen and oxygen atoms in total. The molecule has 0 fully saturated rings. The van der Waals surface area contributed by atoms with E-state index in [4.69, 9.17) is 4.74 Å². The van der Waals surface area contributed by atoms with Crippen molar-refractivity contribution >= 4 is 23.5 Å². The van der Waals surface area contributed by atoms with Gasteiger partial charge < -0.3 is 20.3 Å². The van der Waals surface area contributed by atoms with Crippen molar-refractivity contribution in [2.45, 2.75) is 20.8 Å². The molecule has 1 unspecified atom stereocenters. The molecule has 4 N–H and O–H groups in total. The van der Waals surface area contributed by atoms with Gasteiger partial charge in [-0.25, -0.2) is 4.79 Å². The van der Waals surface area contributed by atoms with Crippen LogP contribution in [-0.2, 0) is 9.59 Å². The van der Waals surface area contributed by atoms with Crippen LogP contribution in [0.4, 0.5) is 10.5 Å². The van der Waals surface area contributed by atoms with Gasteiger partial charge in [0, 0.05) is 18.3 Å². The van der Waals surface area contributed by atoms with Crippen LogP contribution in [0.3, 0.4) is 0 Å². The monoisotopic (exact) mass is 365 g/mol. The molecule has 0 saturated carbocycles. The quantitative estimate of drug-likeness (QED) is 0.496. The minimum atomic E-state index is -0.514. The zero-order chi connectivity index (χ0) is 19.5. The third-order valence-corrected chi connectivity index (χ3v) is 3.60. The van der Waals surface area contributed by atoms with Crippen molar-refractivity contribution in [1.29, 1.82) is 0 Å². The zero-order valence-corrected chi connectivity index (χ0v) is 15.8. The molecule has 1 aromatic carbocycles. The molecule has 8 heteroatoms. The van der Waals surface area contributed by atoms with E-state index in [0.29, 0.717) is 30.4 Å². The fraction of sp³-hybridized carbons (Fsp3) is 0.500. The standard InChI is InChI=1S/C18H28N4O4/c1-5-22(12-17(24)21-18(25)19-10-13(2)3)11-16(23)20-14-7-6-8-15(9-14)26-4/h6-9,13H,5,10-12H2,1-4H3,(H,20,23)(H2,19,21,24,25)/p+1. The molecule has 0 saturated heterocycles. The van der Waals surface area contributed by atoms with Gasteiger partial charge in [-0.3, -0.25) is 14.9 Å². The molecule has 144 valence electrons. The van der Waals surface area contributed by atoms with Gasteiger partial charge in [-0.15, -0.1) is 0 Å². The van der Waals surface area contributed by atoms with Crippen LogP contribution >= 0.6 is 0 Å². The Kier molecular flexibility index (Phi) is 9.14. The van der Waals surface area contributed by atoms with Gasteiger partial charge in [-0.05, 0) is 25.0 Å². The van der Waals surface area contributed by atoms with E-state index in [-0.39, 0.29) is 19.0 Å². The Morgan fingerprint density at radius 3 is 2.46 bits per heavy atom. The minimum Gasteiger partial charge on any atom is -0.497 e. The van der Waals surface area contributed by atoms with Crippen LogP contribution in [0.1, 0.15) is 20.8 Å². The third-order valence-electron chi connectivity index (χ3n) is 3.60. The second-order valence-corrected chi connectivity index (χ2v) is 6.39. The van der Waals surface area contributed by atoms with Gasteiger partial charge in [0.2, 0.25) is 0 Å². The van der Waals surface area contributed by atoms with Crippen LogP contribution in [0.15, 0.2) is 24.3 Å². The molecule has 1 rings (SSSR count). The van der Waals surface area contributed by atoms with Crippen molar-refractivity contribution in [3.05, 3.63) is 24.3 Å². The zero-order valence-electron chi connectivity index (χ0n) is 15.8. The Morgan fingerprint density at radius 2 is 1.85 bits per heavy atom. The predicted molar refractivity (Wildman–Crippen MR) is 99.2 cm³/mol. The van der Waals surface area contributed by atoms with E-state index >= 15 is 0 Å². The van der Waals surface area contributed by atoms with Crippen molar-refractivity contribution in [1.82, 2.24) is 10.6 Å². The Bertz CT molecular complexity index is 619. The largest absolute Gasteiger partial charge is 0.497 e. The van der Waals surface area contributed by atoms with Gasteiger partial charge in [0.1, 0.15) is 5.75 Å². The highest BCUT2D eigenvalue weighted by Crippen LogP contribution is 2.16. The summed E-state index contributed by atoms with van der Waals surface area (Å²) in [6, 6.07) is 6.53. The lowest BCUT2D eigenvalue weighted by molar-refractivity contribution is -0.881. The number of ether oxygens (including phenoxy) is 1. The molecule has 0 aromatic heterocycles. The lowest BCUT2D eigenvalue weighted by atomic mass is 10.2. The van der Waals surface area contributed by atoms with Crippen LogP contribution in [0.5, 0.6) is 5.75 Å². The van der Waals surface area contributed by atoms with E-state index < -0.39 is 11.9 Å². The number of benzene rings is 1. The van der Waals surface area contributed by atoms with Crippen molar-refractivity contribution in [3.8, 4) is 5.75 Å². The topological polar surface area (TPSA) is 101 Å². The van der Waals surface area contributed by atoms with Crippen molar-refractivity contribution < 1.29 is 24.0 Å². The summed E-state index contributed by atoms with van der Waals surface area (Å²) in [7, 11) is 1.56. The Morgan fingerprint density at radius 1 is 1.15 bits per heavy atom. The van der Waals surface area contributed by atoms with Gasteiger partial charge in [-0.2, -0.15) is 0 Å². The second-order valence-electron chi connectivity index (χ2n) is 6.39. The van der Waals surface area contributed by atoms with Gasteiger partial charge in [-0.1, -0.05) is 19.9 Å². The van der Waals surface area contributed by atoms with E-state index in [0.717, 1.165) is 4.90 Å². The number of quaternary nitrogens is 1. The van der Waals surface area contributed by atoms with Crippen LogP contribution in [0.2, 0.25) is 0 Å². The van der Waals surface area contributed by atoms with Gasteiger partial charge in [0.25, 0.3) is 11.8 Å². The highest BCUT2D eigenvalue weighted by molar-refractivity contribution is 5.95. The number of anilines is 1. The number of likely N-dealkylation sites (N-methyl/N-ethyl adjacent to an activating group) is 1. The van der Waals surface area contributed by atoms with E-state index in [1.165, 1.54) is 0 Å². The smallest absolute Gasteiger partial charge is 0.321 e. The lowest BCUT2D eigenvalue weighted by Crippen LogP contribution is -3.14. The molecule has 0 aliphatic heterocycles. The van der Waals surface area contributed by atoms with Crippen molar-refractivity contribution in [2.75, 3.05) is 38.6 Å². The Balaban J connectivity index is 2.46. The van der Waals surface area contributed by atoms with Crippen LogP contribution in [0.25, 0.3) is 0 Å². The number of urea groups is 1. The summed E-state index contributed by atoms with van der Waals surface area (Å²) in [6.45, 7) is 7.03. The molecule has 0 heterocycles. The number of nitrogens with one attached hydrogen (secondary N) is 4. The van der Waals surface area contributed by atoms with E-state index in [9.17, 15) is 14.4 Å². The number of carbonyl (C=O) groups is 3. The first-order chi connectivity index (χ1) is 12.3. The van der Waals surface area contributed by atoms with Crippen molar-refractivity contribution in [3.63, 3.8) is 0 Å². The van der Waals surface area contributed by atoms with Gasteiger partial charge >= 0.3 is 6.03 Å². The first-order valence-electron chi connectivity index (χ1n) is 8.69. The van der Waals surface area contributed by atoms with Crippen molar-refractivity contribution in [2.24, 2.45) is 5.92 Å². The summed E-state index contributed by atoms with van der Waals surface area (Å²) in [5, 5.41) is 7.67. The van der Waals surface area contributed by atoms with Crippen LogP contribution in [-0.4, -0.2) is 51.1 Å². The molecule has 0 aliphatic carbocycles. The molecule has 1 atom stereocenters. The predicted octanol–water partition coefficient (Wildman–Crippen LogP) is 0.0203. The average Bonchev–Trinajstić information content (AvgIpc) is 2.59. The van der Waals surface area contributed by atoms with Crippen LogP contribution < -0.4 is 25.6 Å². The molecule has 0 radical (unpaired) electrons. The van der Waals surface area contributed by atoms with E-state index in [2.05, 4.69) is 16.0 Å². The summed E-state index contributed by atoms with van der Waals surface area (Å²) in [6.07, 6.45) is 0. The Labute approximate surface area is 154 Å². The number of methoxy groups -OCH3 is 1. The lowest BCUT2D eigenvalue weighted by Gasteiger charge is -2.17. The number of amides is 4. The molecule has 1 aromatic rings. The van der Waals surface area contributed by atoms with Crippen LogP contribution in [0, 0.1) is 5.92 Å². The first-order valence-corrected chi connectivity index (χ1v) is 8.69. The number of carbonyl (C=O) groups excluding carboxylic acids is 3. The fourth-order valence-electron chi connectivity index (χ4n) is 2.18. The average molecular weight is 365 g/mol. The maximum atomic E-state index is 12.2. The summed E-state index contributed by atoms with van der Waals surface area (Å²) in [5.74, 6) is 0.313. The summed E-state index contributed by atoms with van der Waals surface area (Å²) < 4.78 is 5.12. The molecule has 26 heavy (non-hydrogen) atoms. The van der Waals surface area contributed by atoms with Gasteiger partial charge in [0.15, 0.2) is 13.1 Å². The van der Waals surface area contributed by atoms with Gasteiger partial charge in [0.05, 0.1) is 13.7 Å². The van der Waals surface area contributed by atoms with E-state index in [1.54, 1.807) is 31.4 Å². The maximum absolute atomic E-state index is 12.2. The fourth-order valence-corrected chi connectivity index (χ4v) is 2.18. The molecular formula is C18H29N4O4+. The highest BCUT2D eigenvalue weighted by atomic mass is 16.5. The van der Waals surface area contributed by atoms with E-state index in [1.807, 2.05) is 20.8 Å². The summed E-state index contributed by atoms with van der Waals surface area (Å²) >= 11 is 0. The first kappa shape index (κ1) is 21.4. The number of imide groups is 1. The number of hydrogen-bond acceptors (Lipinski definition) is 4. The summed E-state index contributed by atoms with van der Waals surface area (Å²) in [5.41, 5.74) is 0.627. The molecule has 4 amide bonds. The molecule has 0 bridgehead atoms. The Hall–Kier alpha value is -2.61. The normalized spacial score (nSPS) is 11.6. The molecule has 0 aliphatic rings. The second kappa shape index (κ2) is 11.1. The minimum absolute atomic E-state index is 0.0388. The molecule has 0 spiro atoms. The number of hydrogen-bond donors (Lipinski definition) is 4. The SMILES string of the molecule is CC[NH+](CC(=O)NC(=O)NCC(C)C)CC(=O)Nc1cccc(OC)c1. The third kappa shape index (κ3) is 8.48. The highest BCUT2D eigenvalue weighted by Gasteiger charge is 2.18. The molecular weight excluding hydrogens is 336 g/mol. The number of rotatable bonds is 9. The maximum Gasteiger partial charge on any atom is 0.321 e.